The largest absolute Gasteiger partial charge is 0.504 e. The SMILES string of the molecule is O=C(Cc1ccc(O)c(O)c1)OCC1OC(OCC(=CCO)CO)C(OC(=O)Cc2ccc(O)c(O)c2)C(O)(OC(=O)Cc2ccc(O)c(O)c2)C1O. The zero-order valence-electron chi connectivity index (χ0n) is 27.8. The summed E-state index contributed by atoms with van der Waals surface area (Å²) in [5.41, 5.74) is 0.507. The van der Waals surface area contributed by atoms with Gasteiger partial charge >= 0.3 is 17.9 Å². The Bertz CT molecular complexity index is 1810. The Morgan fingerprint density at radius 3 is 1.68 bits per heavy atom. The van der Waals surface area contributed by atoms with Gasteiger partial charge in [-0.3, -0.25) is 14.4 Å². The first-order chi connectivity index (χ1) is 25.1. The van der Waals surface area contributed by atoms with Crippen molar-refractivity contribution >= 4 is 17.9 Å². The summed E-state index contributed by atoms with van der Waals surface area (Å²) in [5.74, 6) is -9.64. The maximum absolute atomic E-state index is 13.2. The van der Waals surface area contributed by atoms with Crippen molar-refractivity contribution in [3.05, 3.63) is 82.9 Å². The lowest BCUT2D eigenvalue weighted by Crippen LogP contribution is -2.70. The van der Waals surface area contributed by atoms with E-state index in [-0.39, 0.29) is 22.3 Å². The Labute approximate surface area is 300 Å². The molecule has 18 nitrogen and oxygen atoms in total. The number of phenols is 6. The molecule has 1 aliphatic heterocycles. The second kappa shape index (κ2) is 17.7. The van der Waals surface area contributed by atoms with Crippen LogP contribution in [-0.4, -0.2) is 126 Å². The van der Waals surface area contributed by atoms with E-state index in [1.165, 1.54) is 24.3 Å². The highest BCUT2D eigenvalue weighted by molar-refractivity contribution is 5.75. The van der Waals surface area contributed by atoms with Gasteiger partial charge in [0.2, 0.25) is 12.4 Å². The van der Waals surface area contributed by atoms with Crippen molar-refractivity contribution in [1.82, 2.24) is 0 Å². The van der Waals surface area contributed by atoms with Crippen molar-refractivity contribution in [3.63, 3.8) is 0 Å². The Balaban J connectivity index is 1.65. The third kappa shape index (κ3) is 10.5. The van der Waals surface area contributed by atoms with Crippen LogP contribution in [0.3, 0.4) is 0 Å². The van der Waals surface area contributed by atoms with Crippen LogP contribution in [0.1, 0.15) is 16.7 Å². The molecule has 0 amide bonds. The van der Waals surface area contributed by atoms with Gasteiger partial charge in [0.05, 0.1) is 39.1 Å². The van der Waals surface area contributed by atoms with Crippen LogP contribution in [0.25, 0.3) is 0 Å². The monoisotopic (exact) mass is 746 g/mol. The van der Waals surface area contributed by atoms with Crippen LogP contribution < -0.4 is 0 Å². The molecule has 0 radical (unpaired) electrons. The first kappa shape index (κ1) is 40.1. The molecule has 10 N–H and O–H groups in total. The molecule has 1 aliphatic rings. The summed E-state index contributed by atoms with van der Waals surface area (Å²) < 4.78 is 27.5. The molecule has 1 fully saturated rings. The standard InChI is InChI=1S/C35H38O18/c36-8-7-21(15-37)16-50-34-33(52-30(45)13-19-2-5-23(39)26(42)10-19)35(48,53-31(46)14-20-3-6-24(40)27(43)11-20)32(47)28(51-34)17-49-29(44)12-18-1-4-22(38)25(41)9-18/h1-7,9-11,28,32-34,36-43,47-48H,8,12-17H2. The van der Waals surface area contributed by atoms with Crippen LogP contribution in [0.4, 0.5) is 0 Å². The molecule has 0 aromatic heterocycles. The number of hydrogen-bond acceptors (Lipinski definition) is 18. The molecule has 0 aliphatic carbocycles. The minimum atomic E-state index is -3.23. The number of carbonyl (C=O) groups is 3. The summed E-state index contributed by atoms with van der Waals surface area (Å²) in [4.78, 5) is 39.2. The van der Waals surface area contributed by atoms with E-state index in [0.29, 0.717) is 0 Å². The highest BCUT2D eigenvalue weighted by Crippen LogP contribution is 2.36. The minimum absolute atomic E-state index is 0.0800. The number of phenolic OH excluding ortho intramolecular Hbond substituents is 6. The number of aliphatic hydroxyl groups is 4. The van der Waals surface area contributed by atoms with Crippen LogP contribution in [-0.2, 0) is 57.3 Å². The molecule has 3 aromatic carbocycles. The molecule has 4 rings (SSSR count). The van der Waals surface area contributed by atoms with Gasteiger partial charge in [0, 0.05) is 0 Å². The predicted octanol–water partition coefficient (Wildman–Crippen LogP) is -0.352. The van der Waals surface area contributed by atoms with E-state index in [1.54, 1.807) is 0 Å². The summed E-state index contributed by atoms with van der Waals surface area (Å²) in [6.07, 6.45) is -8.81. The third-order valence-electron chi connectivity index (χ3n) is 7.86. The van der Waals surface area contributed by atoms with Crippen LogP contribution >= 0.6 is 0 Å². The van der Waals surface area contributed by atoms with Gasteiger partial charge in [0.1, 0.15) is 12.7 Å². The molecule has 1 saturated heterocycles. The summed E-state index contributed by atoms with van der Waals surface area (Å²) in [7, 11) is 0. The lowest BCUT2D eigenvalue weighted by molar-refractivity contribution is -0.388. The molecule has 1 heterocycles. The zero-order chi connectivity index (χ0) is 38.9. The van der Waals surface area contributed by atoms with E-state index < -0.39 is 128 Å². The van der Waals surface area contributed by atoms with Crippen molar-refractivity contribution < 1.29 is 89.1 Å². The summed E-state index contributed by atoms with van der Waals surface area (Å²) >= 11 is 0. The molecule has 3 aromatic rings. The van der Waals surface area contributed by atoms with Crippen LogP contribution in [0, 0.1) is 0 Å². The lowest BCUT2D eigenvalue weighted by atomic mass is 9.94. The predicted molar refractivity (Wildman–Crippen MR) is 175 cm³/mol. The smallest absolute Gasteiger partial charge is 0.313 e. The number of ether oxygens (including phenoxy) is 5. The molecular weight excluding hydrogens is 708 g/mol. The number of rotatable bonds is 15. The average molecular weight is 747 g/mol. The fourth-order valence-electron chi connectivity index (χ4n) is 5.12. The van der Waals surface area contributed by atoms with Crippen LogP contribution in [0.5, 0.6) is 34.5 Å². The fraction of sp³-hybridized carbons (Fsp3) is 0.343. The second-order valence-corrected chi connectivity index (χ2v) is 11.8. The van der Waals surface area contributed by atoms with Crippen molar-refractivity contribution in [1.29, 1.82) is 0 Å². The number of hydrogen-bond donors (Lipinski definition) is 10. The Morgan fingerprint density at radius 1 is 0.717 bits per heavy atom. The second-order valence-electron chi connectivity index (χ2n) is 11.8. The van der Waals surface area contributed by atoms with Gasteiger partial charge in [-0.2, -0.15) is 0 Å². The number of aromatic hydroxyl groups is 6. The molecule has 0 bridgehead atoms. The average Bonchev–Trinajstić information content (AvgIpc) is 3.10. The van der Waals surface area contributed by atoms with E-state index in [4.69, 9.17) is 23.7 Å². The first-order valence-corrected chi connectivity index (χ1v) is 15.8. The Hall–Kier alpha value is -5.63. The number of benzene rings is 3. The fourth-order valence-corrected chi connectivity index (χ4v) is 5.12. The third-order valence-corrected chi connectivity index (χ3v) is 7.86. The number of carbonyl (C=O) groups excluding carboxylic acids is 3. The molecular formula is C35H38O18. The van der Waals surface area contributed by atoms with E-state index in [9.17, 15) is 65.4 Å². The van der Waals surface area contributed by atoms with Crippen molar-refractivity contribution in [2.45, 2.75) is 49.7 Å². The minimum Gasteiger partial charge on any atom is -0.504 e. The molecule has 5 atom stereocenters. The molecule has 53 heavy (non-hydrogen) atoms. The first-order valence-electron chi connectivity index (χ1n) is 15.8. The quantitative estimate of drug-likeness (QED) is 0.0312. The normalized spacial score (nSPS) is 21.5. The van der Waals surface area contributed by atoms with E-state index >= 15 is 0 Å². The highest BCUT2D eigenvalue weighted by Gasteiger charge is 2.61. The molecule has 286 valence electrons. The summed E-state index contributed by atoms with van der Waals surface area (Å²) in [6, 6.07) is 10.3. The van der Waals surface area contributed by atoms with Gasteiger partial charge in [-0.15, -0.1) is 0 Å². The zero-order valence-corrected chi connectivity index (χ0v) is 27.8. The van der Waals surface area contributed by atoms with Crippen LogP contribution in [0.15, 0.2) is 66.2 Å². The summed E-state index contributed by atoms with van der Waals surface area (Å²) in [5, 5.41) is 101. The molecule has 18 heteroatoms. The van der Waals surface area contributed by atoms with E-state index in [0.717, 1.165) is 36.4 Å². The lowest BCUT2D eigenvalue weighted by Gasteiger charge is -2.47. The maximum Gasteiger partial charge on any atom is 0.313 e. The maximum atomic E-state index is 13.2. The number of aliphatic hydroxyl groups excluding tert-OH is 3. The van der Waals surface area contributed by atoms with Gasteiger partial charge < -0.3 is 74.7 Å². The van der Waals surface area contributed by atoms with Crippen molar-refractivity contribution in [2.24, 2.45) is 0 Å². The summed E-state index contributed by atoms with van der Waals surface area (Å²) in [6.45, 7) is -2.52. The molecule has 0 spiro atoms. The van der Waals surface area contributed by atoms with Crippen molar-refractivity contribution in [3.8, 4) is 34.5 Å². The van der Waals surface area contributed by atoms with Crippen molar-refractivity contribution in [2.75, 3.05) is 26.4 Å². The van der Waals surface area contributed by atoms with E-state index in [1.807, 2.05) is 0 Å². The Morgan fingerprint density at radius 2 is 1.21 bits per heavy atom. The number of esters is 3. The van der Waals surface area contributed by atoms with Gasteiger partial charge in [-0.05, 0) is 58.7 Å². The van der Waals surface area contributed by atoms with Gasteiger partial charge in [0.15, 0.2) is 40.6 Å². The molecule has 0 saturated carbocycles. The van der Waals surface area contributed by atoms with Crippen LogP contribution in [0.2, 0.25) is 0 Å². The highest BCUT2D eigenvalue weighted by atomic mass is 16.8. The Kier molecular flexibility index (Phi) is 13.4. The molecule has 5 unspecified atom stereocenters. The van der Waals surface area contributed by atoms with Gasteiger partial charge in [-0.1, -0.05) is 24.3 Å². The van der Waals surface area contributed by atoms with Gasteiger partial charge in [-0.25, -0.2) is 0 Å². The topological polar surface area (TPSA) is 300 Å². The van der Waals surface area contributed by atoms with Gasteiger partial charge in [0.25, 0.3) is 5.79 Å². The van der Waals surface area contributed by atoms with E-state index in [2.05, 4.69) is 0 Å².